The molecule has 0 fully saturated rings. The third-order valence-electron chi connectivity index (χ3n) is 3.03. The summed E-state index contributed by atoms with van der Waals surface area (Å²) in [5.74, 6) is -1.87. The zero-order chi connectivity index (χ0) is 15.4. The molecule has 0 radical (unpaired) electrons. The highest BCUT2D eigenvalue weighted by molar-refractivity contribution is 6.05. The largest absolute Gasteiger partial charge is 0.366 e. The Balaban J connectivity index is 2.26. The van der Waals surface area contributed by atoms with Crippen LogP contribution < -0.4 is 11.1 Å². The van der Waals surface area contributed by atoms with Crippen LogP contribution in [0.3, 0.4) is 0 Å². The Morgan fingerprint density at radius 2 is 2.10 bits per heavy atom. The molecular formula is C15H14FN3O2. The Labute approximate surface area is 121 Å². The third kappa shape index (κ3) is 3.22. The number of rotatable bonds is 4. The van der Waals surface area contributed by atoms with Crippen molar-refractivity contribution in [1.82, 2.24) is 4.98 Å². The molecule has 5 nitrogen and oxygen atoms in total. The Kier molecular flexibility index (Phi) is 4.27. The lowest BCUT2D eigenvalue weighted by Gasteiger charge is -2.09. The van der Waals surface area contributed by atoms with E-state index in [1.165, 1.54) is 18.3 Å². The molecule has 0 aliphatic carbocycles. The van der Waals surface area contributed by atoms with Crippen LogP contribution in [-0.4, -0.2) is 16.8 Å². The second kappa shape index (κ2) is 6.13. The standard InChI is InChI=1S/C15H14FN3O2/c1-2-9-8-18-6-5-11(9)15(21)19-13-4-3-10(14(17)20)7-12(13)16/h3-8H,2H2,1H3,(H2,17,20)(H,19,21). The van der Waals surface area contributed by atoms with Crippen LogP contribution in [0.1, 0.15) is 33.2 Å². The highest BCUT2D eigenvalue weighted by atomic mass is 19.1. The summed E-state index contributed by atoms with van der Waals surface area (Å²) in [5, 5.41) is 2.47. The van der Waals surface area contributed by atoms with E-state index >= 15 is 0 Å². The van der Waals surface area contributed by atoms with Gasteiger partial charge >= 0.3 is 0 Å². The second-order valence-electron chi connectivity index (χ2n) is 4.40. The van der Waals surface area contributed by atoms with Crippen LogP contribution in [0, 0.1) is 5.82 Å². The first-order valence-electron chi connectivity index (χ1n) is 6.36. The Hall–Kier alpha value is -2.76. The lowest BCUT2D eigenvalue weighted by Crippen LogP contribution is -2.16. The highest BCUT2D eigenvalue weighted by Gasteiger charge is 2.13. The fourth-order valence-electron chi connectivity index (χ4n) is 1.89. The van der Waals surface area contributed by atoms with Gasteiger partial charge < -0.3 is 11.1 Å². The van der Waals surface area contributed by atoms with Gasteiger partial charge in [-0.25, -0.2) is 4.39 Å². The first kappa shape index (κ1) is 14.6. The van der Waals surface area contributed by atoms with E-state index in [1.807, 2.05) is 6.92 Å². The summed E-state index contributed by atoms with van der Waals surface area (Å²) < 4.78 is 13.8. The van der Waals surface area contributed by atoms with Gasteiger partial charge in [-0.2, -0.15) is 0 Å². The van der Waals surface area contributed by atoms with Gasteiger partial charge in [0.1, 0.15) is 5.82 Å². The topological polar surface area (TPSA) is 85.1 Å². The molecule has 21 heavy (non-hydrogen) atoms. The van der Waals surface area contributed by atoms with Crippen molar-refractivity contribution in [2.45, 2.75) is 13.3 Å². The van der Waals surface area contributed by atoms with E-state index in [0.717, 1.165) is 11.6 Å². The number of anilines is 1. The fraction of sp³-hybridized carbons (Fsp3) is 0.133. The number of nitrogens with zero attached hydrogens (tertiary/aromatic N) is 1. The summed E-state index contributed by atoms with van der Waals surface area (Å²) in [5.41, 5.74) is 6.30. The van der Waals surface area contributed by atoms with E-state index in [9.17, 15) is 14.0 Å². The zero-order valence-electron chi connectivity index (χ0n) is 11.4. The molecule has 2 rings (SSSR count). The first-order valence-corrected chi connectivity index (χ1v) is 6.36. The lowest BCUT2D eigenvalue weighted by atomic mass is 10.1. The number of pyridine rings is 1. The van der Waals surface area contributed by atoms with Crippen molar-refractivity contribution in [2.75, 3.05) is 5.32 Å². The van der Waals surface area contributed by atoms with Crippen LogP contribution in [0.2, 0.25) is 0 Å². The quantitative estimate of drug-likeness (QED) is 0.903. The maximum absolute atomic E-state index is 13.8. The summed E-state index contributed by atoms with van der Waals surface area (Å²) in [6.45, 7) is 1.90. The number of hydrogen-bond donors (Lipinski definition) is 2. The van der Waals surface area contributed by atoms with E-state index in [0.29, 0.717) is 12.0 Å². The normalized spacial score (nSPS) is 10.2. The van der Waals surface area contributed by atoms with Gasteiger partial charge in [0, 0.05) is 23.5 Å². The number of hydrogen-bond acceptors (Lipinski definition) is 3. The minimum absolute atomic E-state index is 0.0103. The summed E-state index contributed by atoms with van der Waals surface area (Å²) in [4.78, 5) is 27.1. The molecule has 0 saturated carbocycles. The van der Waals surface area contributed by atoms with E-state index in [4.69, 9.17) is 5.73 Å². The van der Waals surface area contributed by atoms with Gasteiger partial charge in [-0.1, -0.05) is 6.92 Å². The average Bonchev–Trinajstić information content (AvgIpc) is 2.48. The van der Waals surface area contributed by atoms with Gasteiger partial charge in [0.05, 0.1) is 5.69 Å². The van der Waals surface area contributed by atoms with Crippen molar-refractivity contribution in [1.29, 1.82) is 0 Å². The van der Waals surface area contributed by atoms with Gasteiger partial charge in [-0.05, 0) is 36.2 Å². The van der Waals surface area contributed by atoms with Crippen molar-refractivity contribution in [3.05, 3.63) is 59.2 Å². The number of aryl methyl sites for hydroxylation is 1. The molecule has 0 aliphatic rings. The predicted octanol–water partition coefficient (Wildman–Crippen LogP) is 2.13. The number of nitrogens with one attached hydrogen (secondary N) is 1. The summed E-state index contributed by atoms with van der Waals surface area (Å²) in [6.07, 6.45) is 3.74. The van der Waals surface area contributed by atoms with Crippen LogP contribution >= 0.6 is 0 Å². The molecule has 108 valence electrons. The SMILES string of the molecule is CCc1cnccc1C(=O)Nc1ccc(C(N)=O)cc1F. The van der Waals surface area contributed by atoms with Gasteiger partial charge in [0.25, 0.3) is 5.91 Å². The molecular weight excluding hydrogens is 273 g/mol. The summed E-state index contributed by atoms with van der Waals surface area (Å²) >= 11 is 0. The molecule has 0 atom stereocenters. The Morgan fingerprint density at radius 3 is 2.71 bits per heavy atom. The van der Waals surface area contributed by atoms with Gasteiger partial charge in [-0.15, -0.1) is 0 Å². The molecule has 1 heterocycles. The number of primary amides is 1. The molecule has 0 saturated heterocycles. The maximum Gasteiger partial charge on any atom is 0.256 e. The van der Waals surface area contributed by atoms with Crippen LogP contribution in [-0.2, 0) is 6.42 Å². The molecule has 0 spiro atoms. The van der Waals surface area contributed by atoms with Crippen molar-refractivity contribution in [3.63, 3.8) is 0 Å². The van der Waals surface area contributed by atoms with Crippen molar-refractivity contribution in [3.8, 4) is 0 Å². The van der Waals surface area contributed by atoms with Gasteiger partial charge in [-0.3, -0.25) is 14.6 Å². The Morgan fingerprint density at radius 1 is 1.33 bits per heavy atom. The second-order valence-corrected chi connectivity index (χ2v) is 4.40. The van der Waals surface area contributed by atoms with E-state index in [1.54, 1.807) is 12.3 Å². The molecule has 2 aromatic rings. The first-order chi connectivity index (χ1) is 10.0. The number of amides is 2. The number of aromatic nitrogens is 1. The zero-order valence-corrected chi connectivity index (χ0v) is 11.4. The summed E-state index contributed by atoms with van der Waals surface area (Å²) in [6, 6.07) is 5.23. The van der Waals surface area contributed by atoms with Crippen LogP contribution in [0.4, 0.5) is 10.1 Å². The number of carbonyl (C=O) groups is 2. The van der Waals surface area contributed by atoms with Crippen molar-refractivity contribution in [2.24, 2.45) is 5.73 Å². The minimum Gasteiger partial charge on any atom is -0.366 e. The molecule has 2 amide bonds. The fourth-order valence-corrected chi connectivity index (χ4v) is 1.89. The number of halogens is 1. The van der Waals surface area contributed by atoms with E-state index < -0.39 is 17.6 Å². The lowest BCUT2D eigenvalue weighted by molar-refractivity contribution is 0.0998. The van der Waals surface area contributed by atoms with E-state index in [2.05, 4.69) is 10.3 Å². The number of benzene rings is 1. The molecule has 0 bridgehead atoms. The molecule has 3 N–H and O–H groups in total. The minimum atomic E-state index is -0.728. The van der Waals surface area contributed by atoms with Crippen molar-refractivity contribution < 1.29 is 14.0 Å². The number of nitrogens with two attached hydrogens (primary N) is 1. The summed E-state index contributed by atoms with van der Waals surface area (Å²) in [7, 11) is 0. The monoisotopic (exact) mass is 287 g/mol. The maximum atomic E-state index is 13.8. The third-order valence-corrected chi connectivity index (χ3v) is 3.03. The van der Waals surface area contributed by atoms with Crippen LogP contribution in [0.25, 0.3) is 0 Å². The molecule has 0 aliphatic heterocycles. The highest BCUT2D eigenvalue weighted by Crippen LogP contribution is 2.17. The molecule has 1 aromatic heterocycles. The Bertz CT molecular complexity index is 701. The van der Waals surface area contributed by atoms with Crippen LogP contribution in [0.5, 0.6) is 0 Å². The molecule has 0 unspecified atom stereocenters. The molecule has 1 aromatic carbocycles. The molecule has 6 heteroatoms. The smallest absolute Gasteiger partial charge is 0.256 e. The number of carbonyl (C=O) groups excluding carboxylic acids is 2. The average molecular weight is 287 g/mol. The predicted molar refractivity (Wildman–Crippen MR) is 76.5 cm³/mol. The van der Waals surface area contributed by atoms with Gasteiger partial charge in [0.2, 0.25) is 5.91 Å². The van der Waals surface area contributed by atoms with E-state index in [-0.39, 0.29) is 11.3 Å². The van der Waals surface area contributed by atoms with Gasteiger partial charge in [0.15, 0.2) is 0 Å². The van der Waals surface area contributed by atoms with Crippen molar-refractivity contribution >= 4 is 17.5 Å². The van der Waals surface area contributed by atoms with Crippen LogP contribution in [0.15, 0.2) is 36.7 Å².